The van der Waals surface area contributed by atoms with Crippen LogP contribution in [0.25, 0.3) is 0 Å². The van der Waals surface area contributed by atoms with Gasteiger partial charge in [0.05, 0.1) is 18.7 Å². The summed E-state index contributed by atoms with van der Waals surface area (Å²) in [7, 11) is 3.25. The molecule has 3 aliphatic rings. The first kappa shape index (κ1) is 23.8. The maximum Gasteiger partial charge on any atom is 0.179 e. The van der Waals surface area contributed by atoms with E-state index in [9.17, 15) is 9.59 Å². The Balaban J connectivity index is 1.91. The largest absolute Gasteiger partial charge is 0.491 e. The van der Waals surface area contributed by atoms with E-state index in [4.69, 9.17) is 25.8 Å². The molecule has 0 atom stereocenters. The smallest absolute Gasteiger partial charge is 0.179 e. The van der Waals surface area contributed by atoms with Crippen LogP contribution >= 0.6 is 11.6 Å². The lowest BCUT2D eigenvalue weighted by Crippen LogP contribution is -2.39. The first-order valence-electron chi connectivity index (χ1n) is 11.8. The molecule has 0 spiro atoms. The summed E-state index contributed by atoms with van der Waals surface area (Å²) < 4.78 is 16.6. The molecule has 0 amide bonds. The highest BCUT2D eigenvalue weighted by Gasteiger charge is 2.43. The molecule has 0 fully saturated rings. The molecule has 6 nitrogen and oxygen atoms in total. The lowest BCUT2D eigenvalue weighted by Gasteiger charge is -2.44. The van der Waals surface area contributed by atoms with Crippen molar-refractivity contribution in [2.75, 3.05) is 34.0 Å². The number of hydrogen-bond donors (Lipinski definition) is 0. The van der Waals surface area contributed by atoms with Crippen LogP contribution in [0.3, 0.4) is 0 Å². The number of halogens is 1. The summed E-state index contributed by atoms with van der Waals surface area (Å²) in [6.07, 6.45) is 5.15. The summed E-state index contributed by atoms with van der Waals surface area (Å²) in [5, 5.41) is 0.414. The van der Waals surface area contributed by atoms with Gasteiger partial charge in [0.25, 0.3) is 0 Å². The van der Waals surface area contributed by atoms with Crippen molar-refractivity contribution < 1.29 is 23.8 Å². The quantitative estimate of drug-likeness (QED) is 0.484. The standard InChI is InChI=1S/C26H32ClNO5/c1-4-33-22-15-16(14-17(27)26(22)32-3)23-24-18(8-5-10-20(24)29)28(12-7-13-31-2)19-9-6-11-21(30)25(19)23/h14-15,23H,4-13H2,1-3H3. The number of methoxy groups -OCH3 is 2. The van der Waals surface area contributed by atoms with Gasteiger partial charge in [0.2, 0.25) is 0 Å². The van der Waals surface area contributed by atoms with E-state index in [0.29, 0.717) is 42.6 Å². The zero-order valence-corrected chi connectivity index (χ0v) is 20.4. The van der Waals surface area contributed by atoms with Gasteiger partial charge in [0.15, 0.2) is 23.1 Å². The fraction of sp³-hybridized carbons (Fsp3) is 0.538. The van der Waals surface area contributed by atoms with Crippen LogP contribution < -0.4 is 9.47 Å². The summed E-state index contributed by atoms with van der Waals surface area (Å²) >= 11 is 6.59. The number of rotatable bonds is 8. The Bertz CT molecular complexity index is 968. The summed E-state index contributed by atoms with van der Waals surface area (Å²) in [5.74, 6) is 0.811. The molecule has 0 bridgehead atoms. The molecule has 1 heterocycles. The van der Waals surface area contributed by atoms with Gasteiger partial charge < -0.3 is 19.1 Å². The number of benzene rings is 1. The first-order valence-corrected chi connectivity index (χ1v) is 12.2. The molecule has 178 valence electrons. The molecule has 1 aliphatic heterocycles. The van der Waals surface area contributed by atoms with Gasteiger partial charge in [-0.2, -0.15) is 0 Å². The second kappa shape index (κ2) is 10.3. The molecule has 0 unspecified atom stereocenters. The molecular weight excluding hydrogens is 442 g/mol. The molecular formula is C26H32ClNO5. The third-order valence-corrected chi connectivity index (χ3v) is 6.97. The number of Topliss-reactive ketones (excluding diaryl/α,β-unsaturated/α-hetero) is 2. The molecule has 33 heavy (non-hydrogen) atoms. The molecule has 0 radical (unpaired) electrons. The van der Waals surface area contributed by atoms with E-state index >= 15 is 0 Å². The number of hydrogen-bond acceptors (Lipinski definition) is 6. The van der Waals surface area contributed by atoms with E-state index in [1.165, 1.54) is 0 Å². The maximum atomic E-state index is 13.4. The summed E-state index contributed by atoms with van der Waals surface area (Å²) in [4.78, 5) is 29.0. The number of ketones is 2. The van der Waals surface area contributed by atoms with Crippen molar-refractivity contribution >= 4 is 23.2 Å². The minimum absolute atomic E-state index is 0.118. The van der Waals surface area contributed by atoms with Gasteiger partial charge in [-0.3, -0.25) is 9.59 Å². The summed E-state index contributed by atoms with van der Waals surface area (Å²) in [6, 6.07) is 3.71. The van der Waals surface area contributed by atoms with E-state index in [1.54, 1.807) is 14.2 Å². The monoisotopic (exact) mass is 473 g/mol. The van der Waals surface area contributed by atoms with Crippen molar-refractivity contribution in [2.45, 2.75) is 57.8 Å². The zero-order chi connectivity index (χ0) is 23.5. The molecule has 1 aromatic rings. The fourth-order valence-electron chi connectivity index (χ4n) is 5.40. The predicted octanol–water partition coefficient (Wildman–Crippen LogP) is 5.20. The van der Waals surface area contributed by atoms with Crippen LogP contribution in [0.1, 0.15) is 63.4 Å². The van der Waals surface area contributed by atoms with Crippen LogP contribution in [-0.2, 0) is 14.3 Å². The number of carbonyl (C=O) groups excluding carboxylic acids is 2. The van der Waals surface area contributed by atoms with Gasteiger partial charge in [-0.1, -0.05) is 11.6 Å². The van der Waals surface area contributed by atoms with E-state index in [1.807, 2.05) is 19.1 Å². The Morgan fingerprint density at radius 3 is 2.18 bits per heavy atom. The van der Waals surface area contributed by atoms with Gasteiger partial charge in [-0.05, 0) is 56.7 Å². The van der Waals surface area contributed by atoms with Crippen LogP contribution in [-0.4, -0.2) is 50.4 Å². The summed E-state index contributed by atoms with van der Waals surface area (Å²) in [6.45, 7) is 3.73. The van der Waals surface area contributed by atoms with E-state index in [2.05, 4.69) is 4.90 Å². The molecule has 0 aromatic heterocycles. The Morgan fingerprint density at radius 2 is 1.64 bits per heavy atom. The van der Waals surface area contributed by atoms with E-state index in [0.717, 1.165) is 66.8 Å². The van der Waals surface area contributed by atoms with Crippen LogP contribution in [0, 0.1) is 0 Å². The number of allylic oxidation sites excluding steroid dienone is 4. The predicted molar refractivity (Wildman–Crippen MR) is 127 cm³/mol. The number of nitrogens with zero attached hydrogens (tertiary/aromatic N) is 1. The topological polar surface area (TPSA) is 65.1 Å². The van der Waals surface area contributed by atoms with E-state index < -0.39 is 5.92 Å². The Labute approximate surface area is 200 Å². The van der Waals surface area contributed by atoms with Crippen LogP contribution in [0.2, 0.25) is 5.02 Å². The summed E-state index contributed by atoms with van der Waals surface area (Å²) in [5.41, 5.74) is 4.43. The Hall–Kier alpha value is -2.31. The van der Waals surface area contributed by atoms with Crippen molar-refractivity contribution in [3.63, 3.8) is 0 Å². The van der Waals surface area contributed by atoms with Gasteiger partial charge >= 0.3 is 0 Å². The zero-order valence-electron chi connectivity index (χ0n) is 19.7. The molecule has 0 N–H and O–H groups in total. The van der Waals surface area contributed by atoms with Crippen molar-refractivity contribution in [1.82, 2.24) is 4.90 Å². The highest BCUT2D eigenvalue weighted by Crippen LogP contribution is 2.51. The van der Waals surface area contributed by atoms with Crippen LogP contribution in [0.4, 0.5) is 0 Å². The van der Waals surface area contributed by atoms with E-state index in [-0.39, 0.29) is 11.6 Å². The molecule has 7 heteroatoms. The SMILES string of the molecule is CCOc1cc(C2C3=C(CCCC3=O)N(CCCOC)C3=C2C(=O)CCC3)cc(Cl)c1OC. The van der Waals surface area contributed by atoms with Gasteiger partial charge in [0, 0.05) is 61.6 Å². The molecule has 4 rings (SSSR count). The Morgan fingerprint density at radius 1 is 1.00 bits per heavy atom. The average molecular weight is 474 g/mol. The van der Waals surface area contributed by atoms with Gasteiger partial charge in [-0.25, -0.2) is 0 Å². The Kier molecular flexibility index (Phi) is 7.45. The third kappa shape index (κ3) is 4.43. The van der Waals surface area contributed by atoms with Gasteiger partial charge in [-0.15, -0.1) is 0 Å². The lowest BCUT2D eigenvalue weighted by atomic mass is 9.71. The maximum absolute atomic E-state index is 13.4. The minimum Gasteiger partial charge on any atom is -0.491 e. The van der Waals surface area contributed by atoms with Crippen LogP contribution in [0.15, 0.2) is 34.7 Å². The third-order valence-electron chi connectivity index (χ3n) is 6.69. The van der Waals surface area contributed by atoms with Crippen LogP contribution in [0.5, 0.6) is 11.5 Å². The fourth-order valence-corrected chi connectivity index (χ4v) is 5.70. The number of carbonyl (C=O) groups is 2. The van der Waals surface area contributed by atoms with Crippen molar-refractivity contribution in [1.29, 1.82) is 0 Å². The van der Waals surface area contributed by atoms with Crippen molar-refractivity contribution in [3.8, 4) is 11.5 Å². The highest BCUT2D eigenvalue weighted by molar-refractivity contribution is 6.32. The van der Waals surface area contributed by atoms with Gasteiger partial charge in [0.1, 0.15) is 0 Å². The van der Waals surface area contributed by atoms with Crippen molar-refractivity contribution in [3.05, 3.63) is 45.3 Å². The second-order valence-electron chi connectivity index (χ2n) is 8.67. The molecule has 0 saturated heterocycles. The average Bonchev–Trinajstić information content (AvgIpc) is 2.79. The lowest BCUT2D eigenvalue weighted by molar-refractivity contribution is -0.117. The highest BCUT2D eigenvalue weighted by atomic mass is 35.5. The minimum atomic E-state index is -0.420. The molecule has 1 aromatic carbocycles. The second-order valence-corrected chi connectivity index (χ2v) is 9.08. The number of ether oxygens (including phenoxy) is 3. The molecule has 2 aliphatic carbocycles. The normalized spacial score (nSPS) is 19.1. The molecule has 0 saturated carbocycles. The van der Waals surface area contributed by atoms with Crippen molar-refractivity contribution in [2.24, 2.45) is 0 Å². The first-order chi connectivity index (χ1) is 16.0.